The van der Waals surface area contributed by atoms with Crippen LogP contribution in [0, 0.1) is 6.92 Å². The van der Waals surface area contributed by atoms with Crippen molar-refractivity contribution in [2.75, 3.05) is 0 Å². The van der Waals surface area contributed by atoms with Crippen LogP contribution >= 0.6 is 11.3 Å². The summed E-state index contributed by atoms with van der Waals surface area (Å²) < 4.78 is 2.62. The van der Waals surface area contributed by atoms with E-state index in [-0.39, 0.29) is 0 Å². The summed E-state index contributed by atoms with van der Waals surface area (Å²) in [5, 5.41) is 2.60. The maximum absolute atomic E-state index is 4.99. The SMILES string of the molecule is C=C/C(=C\c1ccccc1C)c1ccc(-c2nc(-c3ccccc3)nc(-c3ccc(-c4ccc5sc6ccccc6c5c4)cc3)n2)cc1. The number of allylic oxidation sites excluding steroid dienone is 2. The lowest BCUT2D eigenvalue weighted by molar-refractivity contribution is 1.07. The van der Waals surface area contributed by atoms with Crippen molar-refractivity contribution in [3.63, 3.8) is 0 Å². The van der Waals surface area contributed by atoms with Gasteiger partial charge in [0.25, 0.3) is 0 Å². The lowest BCUT2D eigenvalue weighted by atomic mass is 9.99. The molecule has 8 rings (SSSR count). The zero-order valence-corrected chi connectivity index (χ0v) is 27.3. The van der Waals surface area contributed by atoms with Crippen LogP contribution in [-0.4, -0.2) is 15.0 Å². The Hall–Kier alpha value is -5.97. The lowest BCUT2D eigenvalue weighted by Crippen LogP contribution is -2.00. The molecule has 4 heteroatoms. The van der Waals surface area contributed by atoms with Gasteiger partial charge in [-0.2, -0.15) is 0 Å². The Balaban J connectivity index is 1.15. The molecule has 0 atom stereocenters. The van der Waals surface area contributed by atoms with E-state index in [2.05, 4.69) is 135 Å². The van der Waals surface area contributed by atoms with Crippen molar-refractivity contribution >= 4 is 43.2 Å². The monoisotopic (exact) mass is 633 g/mol. The van der Waals surface area contributed by atoms with E-state index in [0.29, 0.717) is 17.5 Å². The molecular formula is C44H31N3S. The highest BCUT2D eigenvalue weighted by Gasteiger charge is 2.14. The van der Waals surface area contributed by atoms with Crippen molar-refractivity contribution < 1.29 is 0 Å². The van der Waals surface area contributed by atoms with Gasteiger partial charge >= 0.3 is 0 Å². The fourth-order valence-corrected chi connectivity index (χ4v) is 7.14. The number of aromatic nitrogens is 3. The van der Waals surface area contributed by atoms with Crippen LogP contribution in [0.3, 0.4) is 0 Å². The van der Waals surface area contributed by atoms with E-state index in [9.17, 15) is 0 Å². The third-order valence-corrected chi connectivity index (χ3v) is 9.87. The molecule has 48 heavy (non-hydrogen) atoms. The Kier molecular flexibility index (Phi) is 7.77. The van der Waals surface area contributed by atoms with Crippen molar-refractivity contribution in [1.29, 1.82) is 0 Å². The van der Waals surface area contributed by atoms with Crippen molar-refractivity contribution in [1.82, 2.24) is 15.0 Å². The Morgan fingerprint density at radius 1 is 0.521 bits per heavy atom. The molecule has 0 radical (unpaired) electrons. The number of rotatable bonds is 7. The number of hydrogen-bond acceptors (Lipinski definition) is 4. The standard InChI is InChI=1S/C44H31N3S/c1-3-30(27-36-14-8-7-11-29(36)2)31-17-21-34(22-18-31)43-45-42(33-12-5-4-6-13-33)46-44(47-43)35-23-19-32(20-24-35)37-25-26-41-39(28-37)38-15-9-10-16-40(38)48-41/h3-28H,1H2,2H3/b30-27+. The quantitative estimate of drug-likeness (QED) is 0.129. The largest absolute Gasteiger partial charge is 0.208 e. The molecule has 8 aromatic rings. The minimum Gasteiger partial charge on any atom is -0.208 e. The molecule has 0 fully saturated rings. The smallest absolute Gasteiger partial charge is 0.164 e. The second-order valence-electron chi connectivity index (χ2n) is 11.8. The summed E-state index contributed by atoms with van der Waals surface area (Å²) >= 11 is 1.84. The summed E-state index contributed by atoms with van der Waals surface area (Å²) in [5.41, 5.74) is 9.70. The highest BCUT2D eigenvalue weighted by Crippen LogP contribution is 2.37. The van der Waals surface area contributed by atoms with Crippen LogP contribution in [0.15, 0.2) is 158 Å². The van der Waals surface area contributed by atoms with Gasteiger partial charge in [-0.1, -0.05) is 140 Å². The number of thiophene rings is 1. The highest BCUT2D eigenvalue weighted by molar-refractivity contribution is 7.25. The normalized spacial score (nSPS) is 11.6. The first-order chi connectivity index (χ1) is 23.6. The van der Waals surface area contributed by atoms with Gasteiger partial charge in [0, 0.05) is 36.9 Å². The van der Waals surface area contributed by atoms with Crippen LogP contribution in [-0.2, 0) is 0 Å². The first-order valence-corrected chi connectivity index (χ1v) is 16.8. The fraction of sp³-hybridized carbons (Fsp3) is 0.0227. The Morgan fingerprint density at radius 2 is 1.06 bits per heavy atom. The van der Waals surface area contributed by atoms with Crippen molar-refractivity contribution in [3.8, 4) is 45.3 Å². The molecule has 0 N–H and O–H groups in total. The minimum absolute atomic E-state index is 0.632. The molecule has 0 saturated heterocycles. The van der Waals surface area contributed by atoms with Crippen LogP contribution in [0.2, 0.25) is 0 Å². The summed E-state index contributed by atoms with van der Waals surface area (Å²) in [6, 6.07) is 50.7. The number of aryl methyl sites for hydroxylation is 1. The molecule has 2 aromatic heterocycles. The summed E-state index contributed by atoms with van der Waals surface area (Å²) in [6.45, 7) is 6.20. The highest BCUT2D eigenvalue weighted by atomic mass is 32.1. The molecule has 0 aliphatic rings. The zero-order valence-electron chi connectivity index (χ0n) is 26.5. The maximum atomic E-state index is 4.99. The van der Waals surface area contributed by atoms with Gasteiger partial charge in [-0.3, -0.25) is 0 Å². The molecule has 228 valence electrons. The molecule has 0 saturated carbocycles. The average Bonchev–Trinajstić information content (AvgIpc) is 3.53. The van der Waals surface area contributed by atoms with Crippen molar-refractivity contribution in [3.05, 3.63) is 175 Å². The lowest BCUT2D eigenvalue weighted by Gasteiger charge is -2.10. The first kappa shape index (κ1) is 29.4. The van der Waals surface area contributed by atoms with E-state index in [4.69, 9.17) is 15.0 Å². The van der Waals surface area contributed by atoms with Crippen LogP contribution in [0.4, 0.5) is 0 Å². The van der Waals surface area contributed by atoms with Gasteiger partial charge in [0.1, 0.15) is 0 Å². The van der Waals surface area contributed by atoms with Crippen molar-refractivity contribution in [2.24, 2.45) is 0 Å². The Morgan fingerprint density at radius 3 is 1.75 bits per heavy atom. The van der Waals surface area contributed by atoms with Gasteiger partial charge < -0.3 is 0 Å². The first-order valence-electron chi connectivity index (χ1n) is 16.0. The maximum Gasteiger partial charge on any atom is 0.164 e. The molecule has 0 aliphatic heterocycles. The minimum atomic E-state index is 0.632. The predicted molar refractivity (Wildman–Crippen MR) is 204 cm³/mol. The van der Waals surface area contributed by atoms with Gasteiger partial charge in [-0.15, -0.1) is 11.3 Å². The molecule has 0 unspecified atom stereocenters. The summed E-state index contributed by atoms with van der Waals surface area (Å²) in [4.78, 5) is 14.9. The van der Waals surface area contributed by atoms with Crippen LogP contribution in [0.25, 0.3) is 77.1 Å². The third kappa shape index (κ3) is 5.74. The number of nitrogens with zero attached hydrogens (tertiary/aromatic N) is 3. The Bertz CT molecular complexity index is 2460. The topological polar surface area (TPSA) is 38.7 Å². The van der Waals surface area contributed by atoms with E-state index in [1.807, 2.05) is 47.7 Å². The molecule has 0 spiro atoms. The number of fused-ring (bicyclic) bond motifs is 3. The van der Waals surface area contributed by atoms with E-state index in [1.165, 1.54) is 36.9 Å². The summed E-state index contributed by atoms with van der Waals surface area (Å²) in [6.07, 6.45) is 4.08. The predicted octanol–water partition coefficient (Wildman–Crippen LogP) is 11.9. The number of hydrogen-bond donors (Lipinski definition) is 0. The molecular weight excluding hydrogens is 603 g/mol. The zero-order chi connectivity index (χ0) is 32.5. The summed E-state index contributed by atoms with van der Waals surface area (Å²) in [7, 11) is 0. The van der Waals surface area contributed by atoms with Crippen LogP contribution < -0.4 is 0 Å². The molecule has 0 aliphatic carbocycles. The van der Waals surface area contributed by atoms with E-state index >= 15 is 0 Å². The third-order valence-electron chi connectivity index (χ3n) is 8.72. The molecule has 3 nitrogen and oxygen atoms in total. The summed E-state index contributed by atoms with van der Waals surface area (Å²) in [5.74, 6) is 1.91. The van der Waals surface area contributed by atoms with Crippen LogP contribution in [0.1, 0.15) is 16.7 Å². The van der Waals surface area contributed by atoms with E-state index in [0.717, 1.165) is 33.4 Å². The van der Waals surface area contributed by atoms with Gasteiger partial charge in [-0.25, -0.2) is 15.0 Å². The van der Waals surface area contributed by atoms with Crippen molar-refractivity contribution in [2.45, 2.75) is 6.92 Å². The van der Waals surface area contributed by atoms with Gasteiger partial charge in [0.2, 0.25) is 0 Å². The molecule has 2 heterocycles. The van der Waals surface area contributed by atoms with E-state index in [1.54, 1.807) is 0 Å². The van der Waals surface area contributed by atoms with E-state index < -0.39 is 0 Å². The second kappa shape index (κ2) is 12.7. The number of benzene rings is 6. The molecule has 0 bridgehead atoms. The average molecular weight is 634 g/mol. The van der Waals surface area contributed by atoms with Crippen LogP contribution in [0.5, 0.6) is 0 Å². The van der Waals surface area contributed by atoms with Gasteiger partial charge in [0.15, 0.2) is 17.5 Å². The van der Waals surface area contributed by atoms with Gasteiger partial charge in [0.05, 0.1) is 0 Å². The Labute approximate surface area is 284 Å². The molecule has 6 aromatic carbocycles. The fourth-order valence-electron chi connectivity index (χ4n) is 6.06. The van der Waals surface area contributed by atoms with Gasteiger partial charge in [-0.05, 0) is 64.6 Å². The second-order valence-corrected chi connectivity index (χ2v) is 12.9. The molecule has 0 amide bonds.